The maximum absolute atomic E-state index is 12.4. The highest BCUT2D eigenvalue weighted by molar-refractivity contribution is 6.04. The SMILES string of the molecule is COc1ccc(C(=O)Nc2cccc(NC(=O)C3CCCCC3)c2)cc1. The van der Waals surface area contributed by atoms with Crippen molar-refractivity contribution in [2.75, 3.05) is 17.7 Å². The van der Waals surface area contributed by atoms with Crippen molar-refractivity contribution in [2.45, 2.75) is 32.1 Å². The van der Waals surface area contributed by atoms with Crippen molar-refractivity contribution < 1.29 is 14.3 Å². The molecule has 3 rings (SSSR count). The normalized spacial score (nSPS) is 14.5. The lowest BCUT2D eigenvalue weighted by Crippen LogP contribution is -2.24. The number of benzene rings is 2. The van der Waals surface area contributed by atoms with E-state index in [1.807, 2.05) is 12.1 Å². The van der Waals surface area contributed by atoms with Crippen molar-refractivity contribution >= 4 is 23.2 Å². The molecule has 0 atom stereocenters. The van der Waals surface area contributed by atoms with Crippen LogP contribution in [0, 0.1) is 5.92 Å². The number of methoxy groups -OCH3 is 1. The predicted molar refractivity (Wildman–Crippen MR) is 103 cm³/mol. The third-order valence-corrected chi connectivity index (χ3v) is 4.72. The largest absolute Gasteiger partial charge is 0.497 e. The van der Waals surface area contributed by atoms with E-state index < -0.39 is 0 Å². The molecule has 0 aliphatic heterocycles. The average Bonchev–Trinajstić information content (AvgIpc) is 2.69. The van der Waals surface area contributed by atoms with Gasteiger partial charge >= 0.3 is 0 Å². The molecule has 0 aromatic heterocycles. The number of carbonyl (C=O) groups excluding carboxylic acids is 2. The van der Waals surface area contributed by atoms with Gasteiger partial charge in [-0.25, -0.2) is 0 Å². The minimum absolute atomic E-state index is 0.0725. The number of anilines is 2. The van der Waals surface area contributed by atoms with Gasteiger partial charge in [0.1, 0.15) is 5.75 Å². The Hall–Kier alpha value is -2.82. The van der Waals surface area contributed by atoms with Gasteiger partial charge in [-0.05, 0) is 55.3 Å². The van der Waals surface area contributed by atoms with E-state index >= 15 is 0 Å². The lowest BCUT2D eigenvalue weighted by Gasteiger charge is -2.20. The summed E-state index contributed by atoms with van der Waals surface area (Å²) in [6.07, 6.45) is 5.38. The molecule has 2 amide bonds. The topological polar surface area (TPSA) is 67.4 Å². The van der Waals surface area contributed by atoms with Gasteiger partial charge in [-0.15, -0.1) is 0 Å². The predicted octanol–water partition coefficient (Wildman–Crippen LogP) is 4.47. The first kappa shape index (κ1) is 18.0. The first-order valence-corrected chi connectivity index (χ1v) is 9.02. The molecular formula is C21H24N2O3. The Morgan fingerprint density at radius 3 is 2.23 bits per heavy atom. The summed E-state index contributed by atoms with van der Waals surface area (Å²) in [5.41, 5.74) is 1.89. The van der Waals surface area contributed by atoms with Crippen molar-refractivity contribution in [1.82, 2.24) is 0 Å². The van der Waals surface area contributed by atoms with E-state index in [0.717, 1.165) is 25.7 Å². The van der Waals surface area contributed by atoms with E-state index in [1.165, 1.54) is 6.42 Å². The number of hydrogen-bond acceptors (Lipinski definition) is 3. The van der Waals surface area contributed by atoms with Gasteiger partial charge in [0.15, 0.2) is 0 Å². The van der Waals surface area contributed by atoms with Crippen molar-refractivity contribution in [3.63, 3.8) is 0 Å². The zero-order valence-electron chi connectivity index (χ0n) is 15.0. The summed E-state index contributed by atoms with van der Waals surface area (Å²) in [4.78, 5) is 24.7. The van der Waals surface area contributed by atoms with Crippen LogP contribution in [0.2, 0.25) is 0 Å². The zero-order valence-corrected chi connectivity index (χ0v) is 15.0. The van der Waals surface area contributed by atoms with Gasteiger partial charge in [0.25, 0.3) is 5.91 Å². The third kappa shape index (κ3) is 4.63. The Morgan fingerprint density at radius 1 is 0.923 bits per heavy atom. The third-order valence-electron chi connectivity index (χ3n) is 4.72. The molecule has 1 saturated carbocycles. The fourth-order valence-corrected chi connectivity index (χ4v) is 3.23. The van der Waals surface area contributed by atoms with E-state index in [0.29, 0.717) is 22.7 Å². The molecule has 0 radical (unpaired) electrons. The monoisotopic (exact) mass is 352 g/mol. The van der Waals surface area contributed by atoms with Gasteiger partial charge in [-0.2, -0.15) is 0 Å². The fourth-order valence-electron chi connectivity index (χ4n) is 3.23. The van der Waals surface area contributed by atoms with Crippen LogP contribution in [0.15, 0.2) is 48.5 Å². The van der Waals surface area contributed by atoms with Crippen molar-refractivity contribution in [3.8, 4) is 5.75 Å². The summed E-state index contributed by atoms with van der Waals surface area (Å²) in [6, 6.07) is 14.2. The van der Waals surface area contributed by atoms with Crippen LogP contribution in [0.3, 0.4) is 0 Å². The molecule has 0 saturated heterocycles. The summed E-state index contributed by atoms with van der Waals surface area (Å²) in [6.45, 7) is 0. The van der Waals surface area contributed by atoms with Crippen LogP contribution in [0.5, 0.6) is 5.75 Å². The molecule has 26 heavy (non-hydrogen) atoms. The highest BCUT2D eigenvalue weighted by atomic mass is 16.5. The molecule has 136 valence electrons. The lowest BCUT2D eigenvalue weighted by molar-refractivity contribution is -0.120. The van der Waals surface area contributed by atoms with Crippen LogP contribution in [-0.2, 0) is 4.79 Å². The molecule has 1 aliphatic carbocycles. The van der Waals surface area contributed by atoms with Crippen LogP contribution >= 0.6 is 0 Å². The Balaban J connectivity index is 1.62. The number of amides is 2. The number of carbonyl (C=O) groups is 2. The second-order valence-corrected chi connectivity index (χ2v) is 6.59. The van der Waals surface area contributed by atoms with Gasteiger partial charge < -0.3 is 15.4 Å². The second kappa shape index (κ2) is 8.52. The molecule has 0 heterocycles. The molecule has 1 aliphatic rings. The minimum atomic E-state index is -0.205. The average molecular weight is 352 g/mol. The summed E-state index contributed by atoms with van der Waals surface area (Å²) < 4.78 is 5.10. The van der Waals surface area contributed by atoms with Crippen LogP contribution in [0.4, 0.5) is 11.4 Å². The van der Waals surface area contributed by atoms with Crippen molar-refractivity contribution in [1.29, 1.82) is 0 Å². The van der Waals surface area contributed by atoms with Crippen LogP contribution in [0.25, 0.3) is 0 Å². The summed E-state index contributed by atoms with van der Waals surface area (Å²) in [7, 11) is 1.59. The zero-order chi connectivity index (χ0) is 18.4. The van der Waals surface area contributed by atoms with Gasteiger partial charge in [0.2, 0.25) is 5.91 Å². The number of nitrogens with one attached hydrogen (secondary N) is 2. The molecule has 5 nitrogen and oxygen atoms in total. The van der Waals surface area contributed by atoms with E-state index in [9.17, 15) is 9.59 Å². The Bertz CT molecular complexity index is 765. The first-order chi connectivity index (χ1) is 12.7. The number of hydrogen-bond donors (Lipinski definition) is 2. The molecule has 2 N–H and O–H groups in total. The van der Waals surface area contributed by atoms with Crippen molar-refractivity contribution in [3.05, 3.63) is 54.1 Å². The summed E-state index contributed by atoms with van der Waals surface area (Å²) in [5, 5.41) is 5.83. The van der Waals surface area contributed by atoms with E-state index in [-0.39, 0.29) is 17.7 Å². The quantitative estimate of drug-likeness (QED) is 0.834. The summed E-state index contributed by atoms with van der Waals surface area (Å²) in [5.74, 6) is 0.669. The highest BCUT2D eigenvalue weighted by Crippen LogP contribution is 2.25. The smallest absolute Gasteiger partial charge is 0.255 e. The van der Waals surface area contributed by atoms with Gasteiger partial charge in [0.05, 0.1) is 7.11 Å². The highest BCUT2D eigenvalue weighted by Gasteiger charge is 2.21. The molecule has 2 aromatic carbocycles. The number of rotatable bonds is 5. The van der Waals surface area contributed by atoms with Gasteiger partial charge in [-0.3, -0.25) is 9.59 Å². The van der Waals surface area contributed by atoms with Gasteiger partial charge in [-0.1, -0.05) is 25.3 Å². The maximum atomic E-state index is 12.4. The van der Waals surface area contributed by atoms with E-state index in [2.05, 4.69) is 10.6 Å². The standard InChI is InChI=1S/C21H24N2O3/c1-26-19-12-10-16(11-13-19)21(25)23-18-9-5-8-17(14-18)22-20(24)15-6-3-2-4-7-15/h5,8-15H,2-4,6-7H2,1H3,(H,22,24)(H,23,25). The Morgan fingerprint density at radius 2 is 1.58 bits per heavy atom. The Labute approximate surface area is 153 Å². The maximum Gasteiger partial charge on any atom is 0.255 e. The first-order valence-electron chi connectivity index (χ1n) is 9.02. The molecule has 1 fully saturated rings. The van der Waals surface area contributed by atoms with E-state index in [1.54, 1.807) is 43.5 Å². The van der Waals surface area contributed by atoms with Crippen molar-refractivity contribution in [2.24, 2.45) is 5.92 Å². The van der Waals surface area contributed by atoms with E-state index in [4.69, 9.17) is 4.74 Å². The molecule has 0 spiro atoms. The minimum Gasteiger partial charge on any atom is -0.497 e. The van der Waals surface area contributed by atoms with Crippen LogP contribution in [0.1, 0.15) is 42.5 Å². The van der Waals surface area contributed by atoms with Crippen LogP contribution < -0.4 is 15.4 Å². The summed E-state index contributed by atoms with van der Waals surface area (Å²) >= 11 is 0. The molecular weight excluding hydrogens is 328 g/mol. The molecule has 2 aromatic rings. The lowest BCUT2D eigenvalue weighted by atomic mass is 9.88. The fraction of sp³-hybridized carbons (Fsp3) is 0.333. The molecule has 0 bridgehead atoms. The molecule has 5 heteroatoms. The molecule has 0 unspecified atom stereocenters. The second-order valence-electron chi connectivity index (χ2n) is 6.59. The Kier molecular flexibility index (Phi) is 5.89. The van der Waals surface area contributed by atoms with Gasteiger partial charge in [0, 0.05) is 22.9 Å². The number of ether oxygens (including phenoxy) is 1. The van der Waals surface area contributed by atoms with Crippen LogP contribution in [-0.4, -0.2) is 18.9 Å².